The zero-order valence-corrected chi connectivity index (χ0v) is 11.4. The van der Waals surface area contributed by atoms with Crippen LogP contribution in [-0.4, -0.2) is 14.8 Å². The summed E-state index contributed by atoms with van der Waals surface area (Å²) in [5, 5.41) is 7.15. The number of anilines is 1. The van der Waals surface area contributed by atoms with Crippen molar-refractivity contribution in [1.29, 1.82) is 0 Å². The lowest BCUT2D eigenvalue weighted by molar-refractivity contribution is 0.534. The fourth-order valence-corrected chi connectivity index (χ4v) is 2.62. The Bertz CT molecular complexity index is 615. The quantitative estimate of drug-likeness (QED) is 0.833. The van der Waals surface area contributed by atoms with E-state index >= 15 is 0 Å². The predicted octanol–water partition coefficient (Wildman–Crippen LogP) is 2.19. The van der Waals surface area contributed by atoms with Gasteiger partial charge in [-0.05, 0) is 50.2 Å². The summed E-state index contributed by atoms with van der Waals surface area (Å²) in [5.41, 5.74) is 7.47. The van der Waals surface area contributed by atoms with Crippen LogP contribution in [0.25, 0.3) is 0 Å². The van der Waals surface area contributed by atoms with Gasteiger partial charge in [0.1, 0.15) is 0 Å². The highest BCUT2D eigenvalue weighted by atomic mass is 32.2. The van der Waals surface area contributed by atoms with Crippen molar-refractivity contribution in [1.82, 2.24) is 14.8 Å². The van der Waals surface area contributed by atoms with Gasteiger partial charge < -0.3 is 5.73 Å². The first kappa shape index (κ1) is 12.8. The van der Waals surface area contributed by atoms with Crippen LogP contribution in [0.4, 0.5) is 5.69 Å². The maximum atomic E-state index is 11.6. The zero-order chi connectivity index (χ0) is 13.3. The Kier molecular flexibility index (Phi) is 3.47. The second-order valence-corrected chi connectivity index (χ2v) is 5.44. The first-order chi connectivity index (χ1) is 8.49. The molecule has 6 heteroatoms. The lowest BCUT2D eigenvalue weighted by Crippen LogP contribution is -2.19. The third kappa shape index (κ3) is 2.43. The van der Waals surface area contributed by atoms with Gasteiger partial charge in [-0.1, -0.05) is 6.07 Å². The number of nitrogens with zero attached hydrogens (tertiary/aromatic N) is 2. The third-order valence-electron chi connectivity index (χ3n) is 2.65. The average Bonchev–Trinajstić information content (AvgIpc) is 2.65. The molecule has 0 aliphatic carbocycles. The number of benzene rings is 1. The van der Waals surface area contributed by atoms with Crippen molar-refractivity contribution in [3.8, 4) is 0 Å². The van der Waals surface area contributed by atoms with E-state index in [2.05, 4.69) is 10.2 Å². The molecular formula is C12H16N4OS. The minimum atomic E-state index is -0.187. The van der Waals surface area contributed by atoms with E-state index in [1.807, 2.05) is 39.0 Å². The highest BCUT2D eigenvalue weighted by molar-refractivity contribution is 7.99. The minimum Gasteiger partial charge on any atom is -0.398 e. The van der Waals surface area contributed by atoms with Gasteiger partial charge in [0.05, 0.1) is 0 Å². The van der Waals surface area contributed by atoms with Gasteiger partial charge in [-0.2, -0.15) is 0 Å². The largest absolute Gasteiger partial charge is 0.398 e. The first-order valence-electron chi connectivity index (χ1n) is 5.70. The second-order valence-electron chi connectivity index (χ2n) is 4.40. The number of aromatic amines is 1. The molecule has 0 fully saturated rings. The molecule has 96 valence electrons. The van der Waals surface area contributed by atoms with Gasteiger partial charge in [0.2, 0.25) is 0 Å². The fraction of sp³-hybridized carbons (Fsp3) is 0.333. The molecule has 1 aromatic carbocycles. The summed E-state index contributed by atoms with van der Waals surface area (Å²) < 4.78 is 1.63. The number of H-pyrrole nitrogens is 1. The van der Waals surface area contributed by atoms with Gasteiger partial charge in [0.15, 0.2) is 5.16 Å². The summed E-state index contributed by atoms with van der Waals surface area (Å²) in [5.74, 6) is 0. The number of aromatic nitrogens is 3. The van der Waals surface area contributed by atoms with Gasteiger partial charge in [0, 0.05) is 16.6 Å². The van der Waals surface area contributed by atoms with Crippen LogP contribution in [0, 0.1) is 6.92 Å². The molecule has 5 nitrogen and oxygen atoms in total. The number of rotatable bonds is 3. The average molecular weight is 264 g/mol. The van der Waals surface area contributed by atoms with Crippen LogP contribution in [-0.2, 0) is 0 Å². The summed E-state index contributed by atoms with van der Waals surface area (Å²) in [6.45, 7) is 5.86. The smallest absolute Gasteiger partial charge is 0.344 e. The second kappa shape index (κ2) is 4.89. The van der Waals surface area contributed by atoms with Gasteiger partial charge in [-0.15, -0.1) is 5.10 Å². The van der Waals surface area contributed by atoms with E-state index in [0.29, 0.717) is 5.16 Å². The molecule has 2 rings (SSSR count). The minimum absolute atomic E-state index is 0.0709. The number of nitrogens with two attached hydrogens (primary N) is 1. The summed E-state index contributed by atoms with van der Waals surface area (Å²) in [6.07, 6.45) is 0. The van der Waals surface area contributed by atoms with E-state index in [1.54, 1.807) is 4.57 Å². The van der Waals surface area contributed by atoms with Gasteiger partial charge >= 0.3 is 5.69 Å². The highest BCUT2D eigenvalue weighted by Gasteiger charge is 2.12. The van der Waals surface area contributed by atoms with Crippen LogP contribution in [0.3, 0.4) is 0 Å². The van der Waals surface area contributed by atoms with Crippen molar-refractivity contribution in [3.63, 3.8) is 0 Å². The predicted molar refractivity (Wildman–Crippen MR) is 72.9 cm³/mol. The Balaban J connectivity index is 2.34. The Labute approximate surface area is 109 Å². The molecule has 0 radical (unpaired) electrons. The summed E-state index contributed by atoms with van der Waals surface area (Å²) in [6, 6.07) is 5.90. The van der Waals surface area contributed by atoms with Gasteiger partial charge in [-0.3, -0.25) is 4.57 Å². The summed E-state index contributed by atoms with van der Waals surface area (Å²) in [7, 11) is 0. The monoisotopic (exact) mass is 264 g/mol. The number of hydrogen-bond acceptors (Lipinski definition) is 4. The number of nitrogen functional groups attached to an aromatic ring is 1. The van der Waals surface area contributed by atoms with E-state index in [0.717, 1.165) is 16.1 Å². The maximum absolute atomic E-state index is 11.6. The van der Waals surface area contributed by atoms with Crippen molar-refractivity contribution in [2.75, 3.05) is 5.73 Å². The molecule has 0 aliphatic heterocycles. The number of aryl methyl sites for hydroxylation is 1. The molecular weight excluding hydrogens is 248 g/mol. The molecule has 0 atom stereocenters. The Hall–Kier alpha value is -1.69. The van der Waals surface area contributed by atoms with Crippen LogP contribution in [0.2, 0.25) is 0 Å². The normalized spacial score (nSPS) is 11.1. The van der Waals surface area contributed by atoms with Gasteiger partial charge in [0.25, 0.3) is 0 Å². The molecule has 3 N–H and O–H groups in total. The lowest BCUT2D eigenvalue weighted by Gasteiger charge is -2.09. The van der Waals surface area contributed by atoms with Crippen LogP contribution in [0.5, 0.6) is 0 Å². The highest BCUT2D eigenvalue weighted by Crippen LogP contribution is 2.28. The Morgan fingerprint density at radius 2 is 2.17 bits per heavy atom. The van der Waals surface area contributed by atoms with Crippen LogP contribution in [0.15, 0.2) is 33.0 Å². The summed E-state index contributed by atoms with van der Waals surface area (Å²) >= 11 is 1.43. The van der Waals surface area contributed by atoms with Crippen LogP contribution in [0.1, 0.15) is 25.5 Å². The van der Waals surface area contributed by atoms with E-state index in [-0.39, 0.29) is 11.7 Å². The topological polar surface area (TPSA) is 76.7 Å². The van der Waals surface area contributed by atoms with Crippen molar-refractivity contribution in [2.45, 2.75) is 36.9 Å². The molecule has 0 saturated heterocycles. The molecule has 0 amide bonds. The molecule has 0 spiro atoms. The zero-order valence-electron chi connectivity index (χ0n) is 10.6. The van der Waals surface area contributed by atoms with Crippen LogP contribution >= 0.6 is 11.8 Å². The summed E-state index contributed by atoms with van der Waals surface area (Å²) in [4.78, 5) is 12.6. The van der Waals surface area contributed by atoms with E-state index in [1.165, 1.54) is 11.8 Å². The van der Waals surface area contributed by atoms with E-state index < -0.39 is 0 Å². The van der Waals surface area contributed by atoms with E-state index in [9.17, 15) is 4.79 Å². The molecule has 0 saturated carbocycles. The first-order valence-corrected chi connectivity index (χ1v) is 6.51. The van der Waals surface area contributed by atoms with Gasteiger partial charge in [-0.25, -0.2) is 9.89 Å². The molecule has 0 unspecified atom stereocenters. The Morgan fingerprint density at radius 3 is 2.78 bits per heavy atom. The molecule has 0 bridgehead atoms. The Morgan fingerprint density at radius 1 is 1.44 bits per heavy atom. The maximum Gasteiger partial charge on any atom is 0.344 e. The molecule has 1 aromatic heterocycles. The lowest BCUT2D eigenvalue weighted by atomic mass is 10.2. The molecule has 18 heavy (non-hydrogen) atoms. The van der Waals surface area contributed by atoms with E-state index in [4.69, 9.17) is 5.73 Å². The van der Waals surface area contributed by atoms with Crippen molar-refractivity contribution < 1.29 is 0 Å². The molecule has 0 aliphatic rings. The van der Waals surface area contributed by atoms with Crippen LogP contribution < -0.4 is 11.4 Å². The van der Waals surface area contributed by atoms with Crippen molar-refractivity contribution >= 4 is 17.4 Å². The standard InChI is InChI=1S/C12H16N4OS/c1-7(2)16-11(17)14-15-12(16)18-9-5-4-8(3)10(13)6-9/h4-7H,13H2,1-3H3,(H,14,17). The molecule has 1 heterocycles. The third-order valence-corrected chi connectivity index (χ3v) is 3.61. The van der Waals surface area contributed by atoms with Crippen molar-refractivity contribution in [2.24, 2.45) is 0 Å². The number of hydrogen-bond donors (Lipinski definition) is 2. The number of nitrogens with one attached hydrogen (secondary N) is 1. The van der Waals surface area contributed by atoms with Crippen molar-refractivity contribution in [3.05, 3.63) is 34.2 Å². The molecule has 2 aromatic rings. The fourth-order valence-electron chi connectivity index (χ4n) is 1.61. The SMILES string of the molecule is Cc1ccc(Sc2n[nH]c(=O)n2C(C)C)cc1N.